The predicted octanol–water partition coefficient (Wildman–Crippen LogP) is 7.30. The van der Waals surface area contributed by atoms with E-state index < -0.39 is 11.7 Å². The molecule has 2 aromatic carbocycles. The fraction of sp³-hybridized carbons (Fsp3) is 0.391. The number of hydrogen-bond donors (Lipinski definition) is 0. The van der Waals surface area contributed by atoms with Crippen molar-refractivity contribution in [2.24, 2.45) is 5.92 Å². The van der Waals surface area contributed by atoms with Crippen molar-refractivity contribution < 1.29 is 13.2 Å². The molecule has 1 heterocycles. The lowest BCUT2D eigenvalue weighted by Gasteiger charge is -2.11. The van der Waals surface area contributed by atoms with Crippen LogP contribution in [0.5, 0.6) is 0 Å². The van der Waals surface area contributed by atoms with Gasteiger partial charge in [0, 0.05) is 23.6 Å². The molecular weight excluding hydrogens is 347 g/mol. The van der Waals surface area contributed by atoms with Crippen LogP contribution in [0.4, 0.5) is 13.2 Å². The first-order chi connectivity index (χ1) is 13.0. The molecule has 1 aliphatic rings. The summed E-state index contributed by atoms with van der Waals surface area (Å²) in [4.78, 5) is 0. The molecule has 1 aliphatic carbocycles. The zero-order chi connectivity index (χ0) is 18.9. The highest BCUT2D eigenvalue weighted by Crippen LogP contribution is 2.33. The summed E-state index contributed by atoms with van der Waals surface area (Å²) in [5.41, 5.74) is 1.96. The molecule has 3 aromatic rings. The normalized spacial score (nSPS) is 15.7. The molecule has 0 N–H and O–H groups in total. The molecule has 0 atom stereocenters. The number of benzene rings is 2. The Labute approximate surface area is 157 Å². The van der Waals surface area contributed by atoms with Crippen molar-refractivity contribution in [1.29, 1.82) is 0 Å². The monoisotopic (exact) mass is 371 g/mol. The maximum atomic E-state index is 13.0. The summed E-state index contributed by atoms with van der Waals surface area (Å²) < 4.78 is 41.2. The molecule has 0 aliphatic heterocycles. The molecule has 1 fully saturated rings. The van der Waals surface area contributed by atoms with Gasteiger partial charge in [0.1, 0.15) is 0 Å². The smallest absolute Gasteiger partial charge is 0.347 e. The van der Waals surface area contributed by atoms with E-state index in [1.807, 2.05) is 18.2 Å². The first-order valence-electron chi connectivity index (χ1n) is 9.77. The molecule has 0 saturated heterocycles. The Morgan fingerprint density at radius 2 is 1.70 bits per heavy atom. The fourth-order valence-corrected chi connectivity index (χ4v) is 4.30. The van der Waals surface area contributed by atoms with Crippen LogP contribution in [-0.2, 0) is 12.7 Å². The van der Waals surface area contributed by atoms with Gasteiger partial charge in [0.05, 0.1) is 5.56 Å². The molecule has 0 spiro atoms. The maximum Gasteiger partial charge on any atom is 0.416 e. The summed E-state index contributed by atoms with van der Waals surface area (Å²) in [6.07, 6.45) is 5.79. The molecule has 0 amide bonds. The Kier molecular flexibility index (Phi) is 4.98. The molecule has 1 nitrogen and oxygen atoms in total. The number of aromatic nitrogens is 1. The van der Waals surface area contributed by atoms with Crippen molar-refractivity contribution >= 4 is 10.9 Å². The van der Waals surface area contributed by atoms with Crippen LogP contribution < -0.4 is 0 Å². The summed E-state index contributed by atoms with van der Waals surface area (Å²) in [6.45, 7) is 1.00. The van der Waals surface area contributed by atoms with E-state index in [4.69, 9.17) is 0 Å². The van der Waals surface area contributed by atoms with Crippen LogP contribution in [0.1, 0.15) is 44.1 Å². The van der Waals surface area contributed by atoms with E-state index in [1.165, 1.54) is 50.7 Å². The van der Waals surface area contributed by atoms with Crippen molar-refractivity contribution in [1.82, 2.24) is 4.57 Å². The number of halogens is 3. The quantitative estimate of drug-likeness (QED) is 0.443. The Hall–Kier alpha value is -2.23. The third-order valence-electron chi connectivity index (χ3n) is 5.78. The average Bonchev–Trinajstić information content (AvgIpc) is 3.31. The van der Waals surface area contributed by atoms with E-state index >= 15 is 0 Å². The highest BCUT2D eigenvalue weighted by molar-refractivity contribution is 5.85. The molecule has 142 valence electrons. The maximum absolute atomic E-state index is 13.0. The van der Waals surface area contributed by atoms with Gasteiger partial charge < -0.3 is 4.57 Å². The molecule has 27 heavy (non-hydrogen) atoms. The molecular formula is C23H24F3N. The molecule has 1 aromatic heterocycles. The minimum Gasteiger partial charge on any atom is -0.347 e. The lowest BCUT2D eigenvalue weighted by Crippen LogP contribution is -2.04. The number of aryl methyl sites for hydroxylation is 1. The lowest BCUT2D eigenvalue weighted by atomic mass is 10.0. The van der Waals surface area contributed by atoms with Gasteiger partial charge in [-0.1, -0.05) is 43.9 Å². The third kappa shape index (κ3) is 4.05. The van der Waals surface area contributed by atoms with Gasteiger partial charge in [-0.15, -0.1) is 0 Å². The second-order valence-corrected chi connectivity index (χ2v) is 7.65. The van der Waals surface area contributed by atoms with Gasteiger partial charge >= 0.3 is 6.18 Å². The van der Waals surface area contributed by atoms with Crippen LogP contribution in [0.15, 0.2) is 54.7 Å². The van der Waals surface area contributed by atoms with Crippen molar-refractivity contribution in [3.63, 3.8) is 0 Å². The van der Waals surface area contributed by atoms with E-state index in [2.05, 4.69) is 16.8 Å². The highest BCUT2D eigenvalue weighted by Gasteiger charge is 2.30. The van der Waals surface area contributed by atoms with Crippen LogP contribution >= 0.6 is 0 Å². The predicted molar refractivity (Wildman–Crippen MR) is 104 cm³/mol. The van der Waals surface area contributed by atoms with E-state index in [1.54, 1.807) is 6.07 Å². The molecule has 0 radical (unpaired) electrons. The first-order valence-corrected chi connectivity index (χ1v) is 9.77. The molecule has 0 unspecified atom stereocenters. The van der Waals surface area contributed by atoms with E-state index in [-0.39, 0.29) is 0 Å². The number of alkyl halides is 3. The van der Waals surface area contributed by atoms with Gasteiger partial charge in [0.15, 0.2) is 0 Å². The van der Waals surface area contributed by atoms with Crippen LogP contribution in [0.3, 0.4) is 0 Å². The van der Waals surface area contributed by atoms with Crippen molar-refractivity contribution in [3.05, 3.63) is 60.3 Å². The second kappa shape index (κ2) is 7.41. The summed E-state index contributed by atoms with van der Waals surface area (Å²) in [7, 11) is 0. The van der Waals surface area contributed by atoms with E-state index in [0.717, 1.165) is 35.0 Å². The van der Waals surface area contributed by atoms with Gasteiger partial charge in [0.2, 0.25) is 0 Å². The Morgan fingerprint density at radius 1 is 0.926 bits per heavy atom. The van der Waals surface area contributed by atoms with Crippen molar-refractivity contribution in [2.45, 2.75) is 51.2 Å². The minimum absolute atomic E-state index is 0.598. The van der Waals surface area contributed by atoms with Crippen molar-refractivity contribution in [3.8, 4) is 11.1 Å². The largest absolute Gasteiger partial charge is 0.416 e. The summed E-state index contributed by atoms with van der Waals surface area (Å²) in [6, 6.07) is 13.5. The highest BCUT2D eigenvalue weighted by atomic mass is 19.4. The topological polar surface area (TPSA) is 4.93 Å². The van der Waals surface area contributed by atoms with E-state index in [9.17, 15) is 13.2 Å². The van der Waals surface area contributed by atoms with Crippen LogP contribution in [0.2, 0.25) is 0 Å². The van der Waals surface area contributed by atoms with Gasteiger partial charge in [-0.2, -0.15) is 13.2 Å². The number of nitrogens with zero attached hydrogens (tertiary/aromatic N) is 1. The minimum atomic E-state index is -4.32. The lowest BCUT2D eigenvalue weighted by molar-refractivity contribution is -0.137. The SMILES string of the molecule is FC(F)(F)c1cccc(-c2ccc3c(ccn3CCCC3CCCC3)c2)c1. The van der Waals surface area contributed by atoms with Crippen molar-refractivity contribution in [2.75, 3.05) is 0 Å². The fourth-order valence-electron chi connectivity index (χ4n) is 4.30. The van der Waals surface area contributed by atoms with Gasteiger partial charge in [-0.3, -0.25) is 0 Å². The average molecular weight is 371 g/mol. The Morgan fingerprint density at radius 3 is 2.48 bits per heavy atom. The van der Waals surface area contributed by atoms with Crippen LogP contribution in [0, 0.1) is 5.92 Å². The van der Waals surface area contributed by atoms with Gasteiger partial charge in [-0.25, -0.2) is 0 Å². The zero-order valence-corrected chi connectivity index (χ0v) is 15.3. The Bertz CT molecular complexity index is 917. The number of hydrogen-bond acceptors (Lipinski definition) is 0. The number of fused-ring (bicyclic) bond motifs is 1. The summed E-state index contributed by atoms with van der Waals surface area (Å²) in [5.74, 6) is 0.902. The Balaban J connectivity index is 1.52. The molecule has 0 bridgehead atoms. The molecule has 1 saturated carbocycles. The zero-order valence-electron chi connectivity index (χ0n) is 15.3. The van der Waals surface area contributed by atoms with Crippen LogP contribution in [-0.4, -0.2) is 4.57 Å². The summed E-state index contributed by atoms with van der Waals surface area (Å²) >= 11 is 0. The molecule has 4 heteroatoms. The van der Waals surface area contributed by atoms with E-state index in [0.29, 0.717) is 5.56 Å². The molecule has 4 rings (SSSR count). The third-order valence-corrected chi connectivity index (χ3v) is 5.78. The standard InChI is InChI=1S/C23H24F3N/c24-23(25,26)21-9-3-8-18(16-21)19-10-11-22-20(15-19)12-14-27(22)13-4-7-17-5-1-2-6-17/h3,8-12,14-17H,1-2,4-7,13H2. The summed E-state index contributed by atoms with van der Waals surface area (Å²) in [5, 5.41) is 1.07. The van der Waals surface area contributed by atoms with Gasteiger partial charge in [0.25, 0.3) is 0 Å². The van der Waals surface area contributed by atoms with Crippen LogP contribution in [0.25, 0.3) is 22.0 Å². The van der Waals surface area contributed by atoms with Gasteiger partial charge in [-0.05, 0) is 60.2 Å². The number of rotatable bonds is 5. The first kappa shape index (κ1) is 18.1. The second-order valence-electron chi connectivity index (χ2n) is 7.65.